The van der Waals surface area contributed by atoms with E-state index in [-0.39, 0.29) is 12.5 Å². The van der Waals surface area contributed by atoms with Crippen LogP contribution in [0.1, 0.15) is 12.8 Å². The second-order valence-electron chi connectivity index (χ2n) is 4.17. The zero-order valence-corrected chi connectivity index (χ0v) is 9.87. The molecule has 0 aromatic heterocycles. The van der Waals surface area contributed by atoms with E-state index < -0.39 is 13.5 Å². The van der Waals surface area contributed by atoms with Crippen molar-refractivity contribution in [1.82, 2.24) is 0 Å². The van der Waals surface area contributed by atoms with Crippen molar-refractivity contribution in [2.75, 3.05) is 20.1 Å². The van der Waals surface area contributed by atoms with Crippen molar-refractivity contribution in [3.8, 4) is 0 Å². The van der Waals surface area contributed by atoms with Crippen molar-refractivity contribution < 1.29 is 18.9 Å². The third-order valence-corrected chi connectivity index (χ3v) is 4.01. The minimum atomic E-state index is -2.61. The van der Waals surface area contributed by atoms with E-state index in [9.17, 15) is 9.67 Å². The minimum absolute atomic E-state index is 0.0952. The summed E-state index contributed by atoms with van der Waals surface area (Å²) >= 11 is 0. The van der Waals surface area contributed by atoms with E-state index in [0.717, 1.165) is 12.8 Å². The Morgan fingerprint density at radius 2 is 2.21 bits per heavy atom. The predicted molar refractivity (Wildman–Crippen MR) is 57.8 cm³/mol. The summed E-state index contributed by atoms with van der Waals surface area (Å²) in [7, 11) is 0.887. The molecular formula is C8H18BO4P. The third kappa shape index (κ3) is 3.39. The van der Waals surface area contributed by atoms with E-state index in [1.807, 2.05) is 0 Å². The molecule has 4 nitrogen and oxygen atoms in total. The van der Waals surface area contributed by atoms with Gasteiger partial charge in [0.2, 0.25) is 7.37 Å². The van der Waals surface area contributed by atoms with Crippen molar-refractivity contribution in [3.05, 3.63) is 0 Å². The largest absolute Gasteiger partial charge is 0.390 e. The van der Waals surface area contributed by atoms with E-state index in [4.69, 9.17) is 9.26 Å². The fourth-order valence-corrected chi connectivity index (χ4v) is 2.24. The van der Waals surface area contributed by atoms with Crippen molar-refractivity contribution in [2.45, 2.75) is 30.9 Å². The van der Waals surface area contributed by atoms with Gasteiger partial charge in [0.25, 0.3) is 0 Å². The Balaban J connectivity index is 2.35. The van der Waals surface area contributed by atoms with Gasteiger partial charge in [-0.05, 0) is 12.8 Å². The number of aliphatic hydroxyl groups excluding tert-OH is 1. The number of hydrogen-bond acceptors (Lipinski definition) is 4. The second-order valence-corrected chi connectivity index (χ2v) is 6.83. The summed E-state index contributed by atoms with van der Waals surface area (Å²) in [4.78, 5) is 0. The first-order chi connectivity index (χ1) is 6.44. The van der Waals surface area contributed by atoms with Crippen LogP contribution >= 0.6 is 7.37 Å². The van der Waals surface area contributed by atoms with Crippen molar-refractivity contribution in [3.63, 3.8) is 0 Å². The van der Waals surface area contributed by atoms with E-state index in [1.165, 1.54) is 13.8 Å². The molecule has 1 fully saturated rings. The van der Waals surface area contributed by atoms with Crippen molar-refractivity contribution in [2.24, 2.45) is 0 Å². The van der Waals surface area contributed by atoms with Gasteiger partial charge in [-0.1, -0.05) is 5.82 Å². The van der Waals surface area contributed by atoms with Crippen molar-refractivity contribution >= 4 is 15.2 Å². The normalized spacial score (nSPS) is 36.9. The van der Waals surface area contributed by atoms with Gasteiger partial charge in [0.15, 0.2) is 0 Å². The van der Waals surface area contributed by atoms with Crippen LogP contribution in [0.5, 0.6) is 0 Å². The summed E-state index contributed by atoms with van der Waals surface area (Å²) < 4.78 is 21.7. The smallest absolute Gasteiger partial charge is 0.224 e. The fraction of sp³-hybridized carbons (Fsp3) is 1.00. The van der Waals surface area contributed by atoms with Crippen LogP contribution in [-0.2, 0) is 13.8 Å². The zero-order valence-electron chi connectivity index (χ0n) is 8.97. The Labute approximate surface area is 85.8 Å². The molecule has 0 bridgehead atoms. The summed E-state index contributed by atoms with van der Waals surface area (Å²) in [5.41, 5.74) is 0. The lowest BCUT2D eigenvalue weighted by molar-refractivity contribution is -0.00185. The van der Waals surface area contributed by atoms with Crippen LogP contribution in [0.15, 0.2) is 0 Å². The Morgan fingerprint density at radius 1 is 1.57 bits per heavy atom. The van der Waals surface area contributed by atoms with Crippen LogP contribution in [0.3, 0.4) is 0 Å². The second kappa shape index (κ2) is 4.80. The van der Waals surface area contributed by atoms with E-state index >= 15 is 0 Å². The van der Waals surface area contributed by atoms with E-state index in [2.05, 4.69) is 7.85 Å². The Kier molecular flexibility index (Phi) is 4.20. The fourth-order valence-electron chi connectivity index (χ4n) is 1.68. The monoisotopic (exact) mass is 220 g/mol. The maximum atomic E-state index is 11.5. The molecule has 0 spiro atoms. The summed E-state index contributed by atoms with van der Waals surface area (Å²) in [6.07, 6.45) is 1.12. The van der Waals surface area contributed by atoms with Gasteiger partial charge in [-0.25, -0.2) is 0 Å². The highest BCUT2D eigenvalue weighted by atomic mass is 31.2. The number of rotatable bonds is 4. The Bertz CT molecular complexity index is 235. The van der Waals surface area contributed by atoms with Gasteiger partial charge in [-0.3, -0.25) is 4.57 Å². The highest BCUT2D eigenvalue weighted by Gasteiger charge is 2.32. The molecule has 0 amide bonds. The van der Waals surface area contributed by atoms with Gasteiger partial charge < -0.3 is 14.4 Å². The van der Waals surface area contributed by atoms with Gasteiger partial charge in [0.05, 0.1) is 12.2 Å². The molecule has 0 aromatic rings. The topological polar surface area (TPSA) is 55.8 Å². The van der Waals surface area contributed by atoms with Gasteiger partial charge in [0.1, 0.15) is 14.2 Å². The first-order valence-electron chi connectivity index (χ1n) is 4.86. The number of hydrogen-bond donors (Lipinski definition) is 1. The van der Waals surface area contributed by atoms with Gasteiger partial charge in [0, 0.05) is 13.8 Å². The zero-order chi connectivity index (χ0) is 10.8. The molecule has 14 heavy (non-hydrogen) atoms. The molecule has 1 aliphatic rings. The van der Waals surface area contributed by atoms with Crippen molar-refractivity contribution in [1.29, 1.82) is 0 Å². The molecular weight excluding hydrogens is 202 g/mol. The van der Waals surface area contributed by atoms with E-state index in [0.29, 0.717) is 5.82 Å². The lowest BCUT2D eigenvalue weighted by Gasteiger charge is -2.18. The highest BCUT2D eigenvalue weighted by molar-refractivity contribution is 7.57. The number of ether oxygens (including phenoxy) is 1. The summed E-state index contributed by atoms with van der Waals surface area (Å²) in [6.45, 7) is 1.54. The predicted octanol–water partition coefficient (Wildman–Crippen LogP) is 0.460. The van der Waals surface area contributed by atoms with Crippen LogP contribution in [0.4, 0.5) is 0 Å². The first-order valence-corrected chi connectivity index (χ1v) is 7.12. The quantitative estimate of drug-likeness (QED) is 0.552. The lowest BCUT2D eigenvalue weighted by Crippen LogP contribution is -2.23. The molecule has 0 radical (unpaired) electrons. The molecule has 1 rings (SSSR count). The lowest BCUT2D eigenvalue weighted by atomic mass is 9.86. The molecule has 1 aliphatic carbocycles. The summed E-state index contributed by atoms with van der Waals surface area (Å²) in [5.74, 6) is 0.480. The molecule has 6 heteroatoms. The molecule has 4 atom stereocenters. The van der Waals surface area contributed by atoms with Gasteiger partial charge in [-0.15, -0.1) is 0 Å². The minimum Gasteiger partial charge on any atom is -0.390 e. The van der Waals surface area contributed by atoms with Crippen LogP contribution in [-0.4, -0.2) is 45.3 Å². The Morgan fingerprint density at radius 3 is 2.64 bits per heavy atom. The molecule has 0 aromatic carbocycles. The standard InChI is InChI=1S/C8H18BO4P/c1-12-14(2,11)5-13-8-4-6(9)3-7(8)10/h6-8,10H,3-5,9H2,1-2H3. The number of aliphatic hydroxyl groups is 1. The highest BCUT2D eigenvalue weighted by Crippen LogP contribution is 2.42. The SMILES string of the molecule is BC1CC(O)C(OCP(C)(=O)OC)C1. The van der Waals surface area contributed by atoms with Gasteiger partial charge >= 0.3 is 0 Å². The maximum absolute atomic E-state index is 11.5. The molecule has 4 unspecified atom stereocenters. The Hall–Kier alpha value is 0.175. The van der Waals surface area contributed by atoms with Crippen LogP contribution < -0.4 is 0 Å². The van der Waals surface area contributed by atoms with Crippen LogP contribution in [0.25, 0.3) is 0 Å². The van der Waals surface area contributed by atoms with Crippen LogP contribution in [0, 0.1) is 0 Å². The molecule has 1 saturated carbocycles. The summed E-state index contributed by atoms with van der Waals surface area (Å²) in [5, 5.41) is 9.57. The average Bonchev–Trinajstić information content (AvgIpc) is 2.42. The molecule has 0 aliphatic heterocycles. The maximum Gasteiger partial charge on any atom is 0.224 e. The third-order valence-electron chi connectivity index (χ3n) is 2.62. The first kappa shape index (κ1) is 12.2. The molecule has 0 saturated heterocycles. The molecule has 82 valence electrons. The molecule has 0 heterocycles. The van der Waals surface area contributed by atoms with Crippen LogP contribution in [0.2, 0.25) is 5.82 Å². The van der Waals surface area contributed by atoms with E-state index in [1.54, 1.807) is 0 Å². The average molecular weight is 220 g/mol. The summed E-state index contributed by atoms with van der Waals surface area (Å²) in [6, 6.07) is 0. The van der Waals surface area contributed by atoms with Gasteiger partial charge in [-0.2, -0.15) is 0 Å². The molecule has 1 N–H and O–H groups in total.